The van der Waals surface area contributed by atoms with Crippen LogP contribution in [0.4, 0.5) is 5.69 Å². The van der Waals surface area contributed by atoms with E-state index >= 15 is 0 Å². The summed E-state index contributed by atoms with van der Waals surface area (Å²) in [5, 5.41) is 10.7. The van der Waals surface area contributed by atoms with E-state index in [-0.39, 0.29) is 29.2 Å². The molecule has 0 radical (unpaired) electrons. The second kappa shape index (κ2) is 7.47. The molecule has 142 valence electrons. The Morgan fingerprint density at radius 2 is 1.77 bits per heavy atom. The molecule has 26 heavy (non-hydrogen) atoms. The SMILES string of the molecule is O=S(=O)(NCC1CCCO1)c1c(NCC2CCCO2)ccc2nonc12. The van der Waals surface area contributed by atoms with E-state index in [9.17, 15) is 8.42 Å². The summed E-state index contributed by atoms with van der Waals surface area (Å²) in [4.78, 5) is 0.0484. The van der Waals surface area contributed by atoms with Gasteiger partial charge in [-0.25, -0.2) is 17.8 Å². The van der Waals surface area contributed by atoms with Crippen molar-refractivity contribution in [2.24, 2.45) is 0 Å². The van der Waals surface area contributed by atoms with Crippen LogP contribution in [-0.4, -0.2) is 57.2 Å². The third kappa shape index (κ3) is 3.68. The number of nitrogens with one attached hydrogen (secondary N) is 2. The average Bonchev–Trinajstić information content (AvgIpc) is 3.40. The van der Waals surface area contributed by atoms with Crippen LogP contribution in [0.5, 0.6) is 0 Å². The molecule has 4 rings (SSSR count). The van der Waals surface area contributed by atoms with Gasteiger partial charge in [-0.15, -0.1) is 0 Å². The molecule has 9 nitrogen and oxygen atoms in total. The molecule has 1 aromatic heterocycles. The summed E-state index contributed by atoms with van der Waals surface area (Å²) < 4.78 is 44.4. The quantitative estimate of drug-likeness (QED) is 0.736. The van der Waals surface area contributed by atoms with Gasteiger partial charge in [0.15, 0.2) is 5.52 Å². The van der Waals surface area contributed by atoms with Crippen LogP contribution in [0.2, 0.25) is 0 Å². The molecule has 3 heterocycles. The van der Waals surface area contributed by atoms with Gasteiger partial charge in [-0.1, -0.05) is 0 Å². The number of hydrogen-bond donors (Lipinski definition) is 2. The number of ether oxygens (including phenoxy) is 2. The first-order valence-corrected chi connectivity index (χ1v) is 10.3. The van der Waals surface area contributed by atoms with Crippen molar-refractivity contribution in [1.82, 2.24) is 15.0 Å². The van der Waals surface area contributed by atoms with Crippen LogP contribution in [0.1, 0.15) is 25.7 Å². The molecule has 2 aliphatic heterocycles. The number of aromatic nitrogens is 2. The van der Waals surface area contributed by atoms with Crippen molar-refractivity contribution in [3.63, 3.8) is 0 Å². The summed E-state index contributed by atoms with van der Waals surface area (Å²) in [6, 6.07) is 3.37. The average molecular weight is 382 g/mol. The highest BCUT2D eigenvalue weighted by Crippen LogP contribution is 2.29. The van der Waals surface area contributed by atoms with E-state index in [1.807, 2.05) is 0 Å². The number of hydrogen-bond acceptors (Lipinski definition) is 8. The summed E-state index contributed by atoms with van der Waals surface area (Å²) in [5.41, 5.74) is 1.07. The van der Waals surface area contributed by atoms with Crippen LogP contribution in [-0.2, 0) is 19.5 Å². The number of fused-ring (bicyclic) bond motifs is 1. The Morgan fingerprint density at radius 3 is 2.46 bits per heavy atom. The first-order valence-electron chi connectivity index (χ1n) is 8.85. The lowest BCUT2D eigenvalue weighted by molar-refractivity contribution is 0.114. The highest BCUT2D eigenvalue weighted by Gasteiger charge is 2.27. The van der Waals surface area contributed by atoms with E-state index in [1.165, 1.54) is 0 Å². The van der Waals surface area contributed by atoms with Gasteiger partial charge in [0, 0.05) is 26.3 Å². The van der Waals surface area contributed by atoms with Crippen LogP contribution >= 0.6 is 0 Å². The molecule has 0 spiro atoms. The molecule has 0 bridgehead atoms. The van der Waals surface area contributed by atoms with E-state index in [1.54, 1.807) is 12.1 Å². The largest absolute Gasteiger partial charge is 0.381 e. The smallest absolute Gasteiger partial charge is 0.245 e. The molecule has 1 aromatic carbocycles. The van der Waals surface area contributed by atoms with Crippen molar-refractivity contribution in [3.8, 4) is 0 Å². The number of sulfonamides is 1. The Bertz CT molecular complexity index is 857. The summed E-state index contributed by atoms with van der Waals surface area (Å²) in [6.07, 6.45) is 3.76. The van der Waals surface area contributed by atoms with Gasteiger partial charge in [0.1, 0.15) is 10.4 Å². The van der Waals surface area contributed by atoms with E-state index in [0.29, 0.717) is 24.4 Å². The van der Waals surface area contributed by atoms with E-state index < -0.39 is 10.0 Å². The van der Waals surface area contributed by atoms with Gasteiger partial charge in [-0.2, -0.15) is 0 Å². The van der Waals surface area contributed by atoms with Crippen LogP contribution in [0.15, 0.2) is 21.7 Å². The van der Waals surface area contributed by atoms with Gasteiger partial charge in [0.25, 0.3) is 0 Å². The maximum Gasteiger partial charge on any atom is 0.245 e. The molecule has 2 N–H and O–H groups in total. The monoisotopic (exact) mass is 382 g/mol. The molecule has 2 unspecified atom stereocenters. The summed E-state index contributed by atoms with van der Waals surface area (Å²) in [7, 11) is -3.82. The third-order valence-electron chi connectivity index (χ3n) is 4.72. The van der Waals surface area contributed by atoms with Crippen LogP contribution < -0.4 is 10.0 Å². The normalized spacial score (nSPS) is 23.7. The van der Waals surface area contributed by atoms with Crippen molar-refractivity contribution < 1.29 is 22.5 Å². The molecule has 0 saturated carbocycles. The highest BCUT2D eigenvalue weighted by atomic mass is 32.2. The summed E-state index contributed by atoms with van der Waals surface area (Å²) in [5.74, 6) is 0. The standard InChI is InChI=1S/C16H22N4O5S/c21-26(22,18-10-12-4-2-8-24-12)16-14(17-9-11-3-1-7-23-11)6-5-13-15(16)20-25-19-13/h5-6,11-12,17-18H,1-4,7-10H2. The molecule has 2 aromatic rings. The number of nitrogens with zero attached hydrogens (tertiary/aromatic N) is 2. The minimum atomic E-state index is -3.82. The maximum absolute atomic E-state index is 13.0. The topological polar surface area (TPSA) is 116 Å². The minimum Gasteiger partial charge on any atom is -0.381 e. The van der Waals surface area contributed by atoms with Crippen LogP contribution in [0, 0.1) is 0 Å². The fraction of sp³-hybridized carbons (Fsp3) is 0.625. The van der Waals surface area contributed by atoms with Crippen molar-refractivity contribution in [3.05, 3.63) is 12.1 Å². The zero-order chi connectivity index (χ0) is 18.0. The molecular weight excluding hydrogens is 360 g/mol. The van der Waals surface area contributed by atoms with Gasteiger partial charge in [0.05, 0.1) is 17.9 Å². The lowest BCUT2D eigenvalue weighted by atomic mass is 10.2. The van der Waals surface area contributed by atoms with Gasteiger partial charge in [-0.3, -0.25) is 0 Å². The Labute approximate surface area is 151 Å². The Morgan fingerprint density at radius 1 is 1.04 bits per heavy atom. The van der Waals surface area contributed by atoms with Crippen molar-refractivity contribution in [2.45, 2.75) is 42.8 Å². The fourth-order valence-corrected chi connectivity index (χ4v) is 4.72. The zero-order valence-electron chi connectivity index (χ0n) is 14.3. The van der Waals surface area contributed by atoms with E-state index in [0.717, 1.165) is 32.3 Å². The molecule has 2 aliphatic rings. The van der Waals surface area contributed by atoms with Gasteiger partial charge >= 0.3 is 0 Å². The summed E-state index contributed by atoms with van der Waals surface area (Å²) in [6.45, 7) is 2.18. The van der Waals surface area contributed by atoms with Crippen LogP contribution in [0.3, 0.4) is 0 Å². The Balaban J connectivity index is 1.59. The first kappa shape index (κ1) is 17.7. The maximum atomic E-state index is 13.0. The molecule has 0 amide bonds. The predicted octanol–water partition coefficient (Wildman–Crippen LogP) is 1.27. The van der Waals surface area contributed by atoms with Gasteiger partial charge in [0.2, 0.25) is 10.0 Å². The van der Waals surface area contributed by atoms with Crippen molar-refractivity contribution in [2.75, 3.05) is 31.6 Å². The first-order chi connectivity index (χ1) is 12.6. The zero-order valence-corrected chi connectivity index (χ0v) is 15.1. The van der Waals surface area contributed by atoms with E-state index in [2.05, 4.69) is 20.4 Å². The molecule has 0 aliphatic carbocycles. The lowest BCUT2D eigenvalue weighted by Crippen LogP contribution is -2.32. The Hall–Kier alpha value is -1.75. The van der Waals surface area contributed by atoms with Gasteiger partial charge in [-0.05, 0) is 48.1 Å². The fourth-order valence-electron chi connectivity index (χ4n) is 3.35. The molecule has 2 saturated heterocycles. The third-order valence-corrected chi connectivity index (χ3v) is 6.22. The molecule has 2 atom stereocenters. The van der Waals surface area contributed by atoms with E-state index in [4.69, 9.17) is 14.1 Å². The van der Waals surface area contributed by atoms with Crippen LogP contribution in [0.25, 0.3) is 11.0 Å². The summed E-state index contributed by atoms with van der Waals surface area (Å²) >= 11 is 0. The lowest BCUT2D eigenvalue weighted by Gasteiger charge is -2.17. The second-order valence-electron chi connectivity index (χ2n) is 6.58. The number of benzene rings is 1. The molecular formula is C16H22N4O5S. The van der Waals surface area contributed by atoms with Crippen molar-refractivity contribution in [1.29, 1.82) is 0 Å². The molecule has 10 heteroatoms. The van der Waals surface area contributed by atoms with Gasteiger partial charge < -0.3 is 14.8 Å². The Kier molecular flexibility index (Phi) is 5.07. The second-order valence-corrected chi connectivity index (χ2v) is 8.28. The number of rotatable bonds is 7. The predicted molar refractivity (Wildman–Crippen MR) is 93.4 cm³/mol. The number of anilines is 1. The molecule has 2 fully saturated rings. The van der Waals surface area contributed by atoms with Crippen molar-refractivity contribution >= 4 is 26.7 Å². The highest BCUT2D eigenvalue weighted by molar-refractivity contribution is 7.89. The minimum absolute atomic E-state index is 0.0484.